The van der Waals surface area contributed by atoms with Gasteiger partial charge in [-0.15, -0.1) is 0 Å². The molecule has 0 aliphatic heterocycles. The number of hydrogen-bond donors (Lipinski definition) is 2. The maximum absolute atomic E-state index is 11.4. The molecule has 0 fully saturated rings. The minimum Gasteiger partial charge on any atom is -0.373 e. The molecule has 0 radical (unpaired) electrons. The first-order chi connectivity index (χ1) is 11.6. The maximum Gasteiger partial charge on any atom is 0.234 e. The molecular formula is C16H22N6O2. The highest BCUT2D eigenvalue weighted by molar-refractivity contribution is 5.88. The van der Waals surface area contributed by atoms with Gasteiger partial charge in [-0.1, -0.05) is 13.0 Å². The normalized spacial score (nSPS) is 11.8. The van der Waals surface area contributed by atoms with Crippen molar-refractivity contribution < 1.29 is 9.53 Å². The molecular weight excluding hydrogens is 308 g/mol. The van der Waals surface area contributed by atoms with Crippen molar-refractivity contribution in [3.05, 3.63) is 35.9 Å². The molecule has 0 saturated heterocycles. The van der Waals surface area contributed by atoms with E-state index >= 15 is 0 Å². The molecule has 8 nitrogen and oxygen atoms in total. The number of amides is 1. The summed E-state index contributed by atoms with van der Waals surface area (Å²) in [6.45, 7) is 6.39. The minimum absolute atomic E-state index is 0.00904. The minimum atomic E-state index is -0.140. The Balaban J connectivity index is 1.86. The van der Waals surface area contributed by atoms with Crippen LogP contribution < -0.4 is 10.6 Å². The van der Waals surface area contributed by atoms with Crippen LogP contribution in [0.4, 0.5) is 11.9 Å². The van der Waals surface area contributed by atoms with Gasteiger partial charge in [-0.3, -0.25) is 15.1 Å². The van der Waals surface area contributed by atoms with E-state index in [1.54, 1.807) is 20.0 Å². The third kappa shape index (κ3) is 5.88. The third-order valence-corrected chi connectivity index (χ3v) is 3.04. The number of anilines is 2. The lowest BCUT2D eigenvalue weighted by Crippen LogP contribution is -2.24. The average molecular weight is 330 g/mol. The molecule has 0 bridgehead atoms. The van der Waals surface area contributed by atoms with Crippen LogP contribution in [-0.2, 0) is 16.1 Å². The summed E-state index contributed by atoms with van der Waals surface area (Å²) in [7, 11) is 0. The van der Waals surface area contributed by atoms with Crippen LogP contribution in [0.5, 0.6) is 0 Å². The Morgan fingerprint density at radius 2 is 2.04 bits per heavy atom. The Morgan fingerprint density at radius 1 is 1.25 bits per heavy atom. The molecule has 128 valence electrons. The summed E-state index contributed by atoms with van der Waals surface area (Å²) in [5.74, 6) is 1.04. The molecule has 2 rings (SSSR count). The Kier molecular flexibility index (Phi) is 6.56. The Hall–Kier alpha value is -2.61. The van der Waals surface area contributed by atoms with Crippen molar-refractivity contribution in [3.63, 3.8) is 0 Å². The second-order valence-electron chi connectivity index (χ2n) is 5.31. The Bertz CT molecular complexity index is 665. The number of carbonyl (C=O) groups is 1. The second-order valence-corrected chi connectivity index (χ2v) is 5.31. The number of pyridine rings is 1. The lowest BCUT2D eigenvalue weighted by molar-refractivity contribution is -0.115. The topological polar surface area (TPSA) is 102 Å². The first-order valence-electron chi connectivity index (χ1n) is 7.83. The third-order valence-electron chi connectivity index (χ3n) is 3.04. The summed E-state index contributed by atoms with van der Waals surface area (Å²) in [5.41, 5.74) is 0.880. The van der Waals surface area contributed by atoms with Gasteiger partial charge >= 0.3 is 0 Å². The lowest BCUT2D eigenvalue weighted by atomic mass is 10.3. The van der Waals surface area contributed by atoms with Gasteiger partial charge in [-0.05, 0) is 26.0 Å². The van der Waals surface area contributed by atoms with Gasteiger partial charge in [0, 0.05) is 18.7 Å². The van der Waals surface area contributed by atoms with Crippen LogP contribution in [0.15, 0.2) is 24.4 Å². The summed E-state index contributed by atoms with van der Waals surface area (Å²) in [6.07, 6.45) is 2.10. The first-order valence-corrected chi connectivity index (χ1v) is 7.83. The van der Waals surface area contributed by atoms with E-state index in [1.807, 2.05) is 25.1 Å². The zero-order chi connectivity index (χ0) is 17.4. The highest BCUT2D eigenvalue weighted by Crippen LogP contribution is 2.07. The molecule has 1 unspecified atom stereocenters. The number of nitrogens with zero attached hydrogens (tertiary/aromatic N) is 4. The van der Waals surface area contributed by atoms with Crippen LogP contribution in [0.25, 0.3) is 0 Å². The molecule has 0 saturated carbocycles. The van der Waals surface area contributed by atoms with Crippen LogP contribution in [0.2, 0.25) is 0 Å². The van der Waals surface area contributed by atoms with Crippen molar-refractivity contribution in [1.82, 2.24) is 19.9 Å². The van der Waals surface area contributed by atoms with Crippen molar-refractivity contribution >= 4 is 17.8 Å². The molecule has 2 aromatic heterocycles. The van der Waals surface area contributed by atoms with Crippen molar-refractivity contribution in [3.8, 4) is 0 Å². The molecule has 0 aliphatic rings. The molecule has 0 aromatic carbocycles. The Labute approximate surface area is 141 Å². The molecule has 1 amide bonds. The predicted molar refractivity (Wildman–Crippen MR) is 90.5 cm³/mol. The first kappa shape index (κ1) is 17.7. The van der Waals surface area contributed by atoms with Gasteiger partial charge in [-0.25, -0.2) is 0 Å². The number of ether oxygens (including phenoxy) is 1. The monoisotopic (exact) mass is 330 g/mol. The van der Waals surface area contributed by atoms with E-state index in [1.165, 1.54) is 0 Å². The van der Waals surface area contributed by atoms with Gasteiger partial charge in [0.25, 0.3) is 0 Å². The number of carbonyl (C=O) groups excluding carboxylic acids is 1. The van der Waals surface area contributed by atoms with Gasteiger partial charge < -0.3 is 10.1 Å². The van der Waals surface area contributed by atoms with Crippen molar-refractivity contribution in [2.75, 3.05) is 17.2 Å². The van der Waals surface area contributed by atoms with E-state index in [4.69, 9.17) is 4.74 Å². The smallest absolute Gasteiger partial charge is 0.234 e. The Morgan fingerprint density at radius 3 is 2.75 bits per heavy atom. The fraction of sp³-hybridized carbons (Fsp3) is 0.438. The van der Waals surface area contributed by atoms with E-state index < -0.39 is 0 Å². The van der Waals surface area contributed by atoms with Crippen molar-refractivity contribution in [2.45, 2.75) is 39.8 Å². The zero-order valence-electron chi connectivity index (χ0n) is 14.1. The number of aryl methyl sites for hydroxylation is 1. The molecule has 1 atom stereocenters. The zero-order valence-corrected chi connectivity index (χ0v) is 14.1. The fourth-order valence-corrected chi connectivity index (χ4v) is 1.90. The molecule has 2 aromatic rings. The summed E-state index contributed by atoms with van der Waals surface area (Å²) < 4.78 is 5.63. The second kappa shape index (κ2) is 8.88. The van der Waals surface area contributed by atoms with Crippen LogP contribution >= 0.6 is 0 Å². The summed E-state index contributed by atoms with van der Waals surface area (Å²) in [4.78, 5) is 28.2. The summed E-state index contributed by atoms with van der Waals surface area (Å²) in [6, 6.07) is 5.69. The number of aromatic nitrogens is 4. The molecule has 24 heavy (non-hydrogen) atoms. The predicted octanol–water partition coefficient (Wildman–Crippen LogP) is 1.94. The highest BCUT2D eigenvalue weighted by atomic mass is 16.5. The number of hydrogen-bond acceptors (Lipinski definition) is 7. The van der Waals surface area contributed by atoms with E-state index in [-0.39, 0.29) is 17.9 Å². The van der Waals surface area contributed by atoms with Crippen molar-refractivity contribution in [2.24, 2.45) is 0 Å². The van der Waals surface area contributed by atoms with E-state index in [0.29, 0.717) is 31.4 Å². The number of rotatable bonds is 8. The van der Waals surface area contributed by atoms with Gasteiger partial charge in [0.1, 0.15) is 5.82 Å². The van der Waals surface area contributed by atoms with Gasteiger partial charge in [0.05, 0.1) is 18.9 Å². The van der Waals surface area contributed by atoms with Crippen LogP contribution in [0.3, 0.4) is 0 Å². The fourth-order valence-electron chi connectivity index (χ4n) is 1.90. The summed E-state index contributed by atoms with van der Waals surface area (Å²) >= 11 is 0. The van der Waals surface area contributed by atoms with E-state index in [2.05, 4.69) is 30.6 Å². The van der Waals surface area contributed by atoms with Crippen molar-refractivity contribution in [1.29, 1.82) is 0 Å². The van der Waals surface area contributed by atoms with Crippen LogP contribution in [0, 0.1) is 6.92 Å². The van der Waals surface area contributed by atoms with E-state index in [0.717, 1.165) is 5.69 Å². The quantitative estimate of drug-likeness (QED) is 0.762. The number of nitrogens with one attached hydrogen (secondary N) is 2. The molecule has 0 aliphatic carbocycles. The van der Waals surface area contributed by atoms with E-state index in [9.17, 15) is 4.79 Å². The van der Waals surface area contributed by atoms with Crippen LogP contribution in [0.1, 0.15) is 31.8 Å². The maximum atomic E-state index is 11.4. The van der Waals surface area contributed by atoms with Gasteiger partial charge in [-0.2, -0.15) is 15.0 Å². The largest absolute Gasteiger partial charge is 0.373 e. The molecule has 0 spiro atoms. The standard InChI is InChI=1S/C16H22N6O2/c1-4-14(23)21-16-20-12(3)19-15(22-16)18-11(2)9-24-10-13-7-5-6-8-17-13/h5-8,11H,4,9-10H2,1-3H3,(H2,18,19,20,21,22,23). The highest BCUT2D eigenvalue weighted by Gasteiger charge is 2.09. The average Bonchev–Trinajstić information content (AvgIpc) is 2.55. The van der Waals surface area contributed by atoms with Gasteiger partial charge in [0.2, 0.25) is 17.8 Å². The summed E-state index contributed by atoms with van der Waals surface area (Å²) in [5, 5.41) is 5.77. The lowest BCUT2D eigenvalue weighted by Gasteiger charge is -2.15. The molecule has 2 N–H and O–H groups in total. The molecule has 2 heterocycles. The van der Waals surface area contributed by atoms with Gasteiger partial charge in [0.15, 0.2) is 0 Å². The molecule has 8 heteroatoms. The SMILES string of the molecule is CCC(=O)Nc1nc(C)nc(NC(C)COCc2ccccn2)n1. The van der Waals surface area contributed by atoms with Crippen LogP contribution in [-0.4, -0.2) is 38.5 Å².